The zero-order valence-electron chi connectivity index (χ0n) is 13.0. The predicted octanol–water partition coefficient (Wildman–Crippen LogP) is 2.20. The zero-order chi connectivity index (χ0) is 16.3. The summed E-state index contributed by atoms with van der Waals surface area (Å²) in [5.41, 5.74) is 1.34. The molecule has 2 fully saturated rings. The molecule has 5 nitrogen and oxygen atoms in total. The Balaban J connectivity index is 0.000000545. The lowest BCUT2D eigenvalue weighted by Gasteiger charge is -2.17. The average Bonchev–Trinajstić information content (AvgIpc) is 3.37. The number of rotatable bonds is 5. The van der Waals surface area contributed by atoms with Crippen molar-refractivity contribution in [3.05, 3.63) is 29.8 Å². The molecule has 0 N–H and O–H groups in total. The van der Waals surface area contributed by atoms with Crippen molar-refractivity contribution in [1.82, 2.24) is 0 Å². The minimum Gasteiger partial charge on any atom is -0.497 e. The minimum atomic E-state index is -0.0204. The van der Waals surface area contributed by atoms with Gasteiger partial charge in [0.15, 0.2) is 0 Å². The lowest BCUT2D eigenvalue weighted by molar-refractivity contribution is -0.191. The second-order valence-electron chi connectivity index (χ2n) is 5.52. The molecule has 0 aromatic heterocycles. The van der Waals surface area contributed by atoms with Gasteiger partial charge in [0.1, 0.15) is 5.75 Å². The van der Waals surface area contributed by atoms with Crippen LogP contribution in [-0.4, -0.2) is 25.8 Å². The van der Waals surface area contributed by atoms with Gasteiger partial charge in [0.25, 0.3) is 0 Å². The van der Waals surface area contributed by atoms with Gasteiger partial charge in [-0.25, -0.2) is 0 Å². The number of ether oxygens (including phenoxy) is 2. The second-order valence-corrected chi connectivity index (χ2v) is 5.52. The van der Waals surface area contributed by atoms with Crippen LogP contribution in [0.3, 0.4) is 0 Å². The lowest BCUT2D eigenvalue weighted by Crippen LogP contribution is -2.22. The molecule has 2 unspecified atom stereocenters. The molecule has 0 bridgehead atoms. The molecule has 3 rings (SSSR count). The third-order valence-corrected chi connectivity index (χ3v) is 4.82. The third kappa shape index (κ3) is 2.32. The highest BCUT2D eigenvalue weighted by Crippen LogP contribution is 2.85. The van der Waals surface area contributed by atoms with Gasteiger partial charge in [0.2, 0.25) is 0 Å². The number of fused-ring (bicyclic) bond motifs is 1. The summed E-state index contributed by atoms with van der Waals surface area (Å²) in [6, 6.07) is 8.15. The van der Waals surface area contributed by atoms with E-state index in [-0.39, 0.29) is 23.5 Å². The van der Waals surface area contributed by atoms with Crippen molar-refractivity contribution < 1.29 is 23.9 Å². The van der Waals surface area contributed by atoms with Crippen LogP contribution in [0.25, 0.3) is 0 Å². The highest BCUT2D eigenvalue weighted by molar-refractivity contribution is 5.84. The van der Waals surface area contributed by atoms with E-state index < -0.39 is 0 Å². The first kappa shape index (κ1) is 16.2. The molecule has 22 heavy (non-hydrogen) atoms. The number of carbonyl (C=O) groups is 1. The molecule has 5 heteroatoms. The fraction of sp³-hybridized carbons (Fsp3) is 0.529. The van der Waals surface area contributed by atoms with Crippen molar-refractivity contribution in [2.45, 2.75) is 25.7 Å². The molecule has 0 spiro atoms. The quantitative estimate of drug-likeness (QED) is 0.780. The van der Waals surface area contributed by atoms with Gasteiger partial charge < -0.3 is 9.47 Å². The van der Waals surface area contributed by atoms with Gasteiger partial charge in [-0.05, 0) is 36.5 Å². The molecule has 0 radical (unpaired) electrons. The zero-order valence-corrected chi connectivity index (χ0v) is 13.0. The average molecular weight is 304 g/mol. The molecule has 1 aromatic carbocycles. The number of benzene rings is 1. The molecular weight excluding hydrogens is 284 g/mol. The SMILES string of the molecule is CCOC(=O)[C@@H]1C2[C@@H](CC)C21c1ccc(OC)cc1.O=C=O. The van der Waals surface area contributed by atoms with Crippen molar-refractivity contribution in [2.75, 3.05) is 13.7 Å². The molecule has 2 aliphatic carbocycles. The van der Waals surface area contributed by atoms with Crippen LogP contribution in [0.5, 0.6) is 5.75 Å². The summed E-state index contributed by atoms with van der Waals surface area (Å²) < 4.78 is 10.4. The maximum atomic E-state index is 12.0. The Morgan fingerprint density at radius 2 is 1.82 bits per heavy atom. The standard InChI is InChI=1S/C16H20O3.CO2/c1-4-12-13-14(15(17)19-5-2)16(12,13)10-6-8-11(18-3)9-7-10;2-1-3/h6-9,12-14H,4-5H2,1-3H3;/t12-,13?,14+,16?;/m1./s1. The maximum Gasteiger partial charge on any atom is 0.373 e. The molecule has 1 aromatic rings. The maximum absolute atomic E-state index is 12.0. The van der Waals surface area contributed by atoms with Gasteiger partial charge in [-0.1, -0.05) is 25.5 Å². The number of methoxy groups -OCH3 is 1. The Kier molecular flexibility index (Phi) is 4.67. The van der Waals surface area contributed by atoms with Crippen LogP contribution in [-0.2, 0) is 24.5 Å². The Hall–Kier alpha value is -2.13. The van der Waals surface area contributed by atoms with E-state index >= 15 is 0 Å². The molecule has 0 amide bonds. The lowest BCUT2D eigenvalue weighted by atomic mass is 9.88. The highest BCUT2D eigenvalue weighted by Gasteiger charge is 2.88. The van der Waals surface area contributed by atoms with Crippen LogP contribution in [0.1, 0.15) is 25.8 Å². The Morgan fingerprint density at radius 1 is 1.23 bits per heavy atom. The normalized spacial score (nSPS) is 30.0. The fourth-order valence-corrected chi connectivity index (χ4v) is 3.92. The first-order valence-corrected chi connectivity index (χ1v) is 7.43. The Labute approximate surface area is 129 Å². The second kappa shape index (κ2) is 6.32. The van der Waals surface area contributed by atoms with Crippen LogP contribution in [0.15, 0.2) is 24.3 Å². The minimum absolute atomic E-state index is 0.0204. The van der Waals surface area contributed by atoms with Gasteiger partial charge >= 0.3 is 12.1 Å². The monoisotopic (exact) mass is 304 g/mol. The number of carbonyl (C=O) groups excluding carboxylic acids is 3. The first-order valence-electron chi connectivity index (χ1n) is 7.43. The van der Waals surface area contributed by atoms with Crippen LogP contribution in [0.4, 0.5) is 0 Å². The van der Waals surface area contributed by atoms with Crippen molar-refractivity contribution in [3.8, 4) is 5.75 Å². The van der Waals surface area contributed by atoms with E-state index in [9.17, 15) is 4.79 Å². The number of hydrogen-bond donors (Lipinski definition) is 0. The van der Waals surface area contributed by atoms with Gasteiger partial charge in [-0.15, -0.1) is 0 Å². The molecule has 0 heterocycles. The first-order chi connectivity index (χ1) is 10.6. The fourth-order valence-electron chi connectivity index (χ4n) is 3.92. The van der Waals surface area contributed by atoms with Crippen LogP contribution in [0.2, 0.25) is 0 Å². The van der Waals surface area contributed by atoms with Crippen LogP contribution < -0.4 is 4.74 Å². The van der Waals surface area contributed by atoms with E-state index in [0.29, 0.717) is 18.4 Å². The summed E-state index contributed by atoms with van der Waals surface area (Å²) in [4.78, 5) is 28.2. The largest absolute Gasteiger partial charge is 0.497 e. The summed E-state index contributed by atoms with van der Waals surface area (Å²) in [6.45, 7) is 4.53. The smallest absolute Gasteiger partial charge is 0.373 e. The van der Waals surface area contributed by atoms with Gasteiger partial charge in [-0.2, -0.15) is 9.59 Å². The van der Waals surface area contributed by atoms with E-state index in [1.807, 2.05) is 19.1 Å². The molecule has 118 valence electrons. The van der Waals surface area contributed by atoms with E-state index in [1.165, 1.54) is 5.56 Å². The molecule has 0 aliphatic heterocycles. The molecule has 2 aliphatic rings. The van der Waals surface area contributed by atoms with Gasteiger partial charge in [-0.3, -0.25) is 4.79 Å². The molecule has 0 saturated heterocycles. The molecule has 4 atom stereocenters. The highest BCUT2D eigenvalue weighted by atomic mass is 16.5. The van der Waals surface area contributed by atoms with Gasteiger partial charge in [0, 0.05) is 5.41 Å². The van der Waals surface area contributed by atoms with Crippen molar-refractivity contribution in [2.24, 2.45) is 17.8 Å². The van der Waals surface area contributed by atoms with E-state index in [2.05, 4.69) is 19.1 Å². The Bertz CT molecular complexity index is 573. The predicted molar refractivity (Wildman–Crippen MR) is 77.1 cm³/mol. The van der Waals surface area contributed by atoms with Crippen molar-refractivity contribution >= 4 is 12.1 Å². The summed E-state index contributed by atoms with van der Waals surface area (Å²) in [6.07, 6.45) is 1.38. The summed E-state index contributed by atoms with van der Waals surface area (Å²) >= 11 is 0. The van der Waals surface area contributed by atoms with E-state index in [0.717, 1.165) is 12.2 Å². The summed E-state index contributed by atoms with van der Waals surface area (Å²) in [5, 5.41) is 0. The summed E-state index contributed by atoms with van der Waals surface area (Å²) in [7, 11) is 1.67. The van der Waals surface area contributed by atoms with Crippen molar-refractivity contribution in [3.63, 3.8) is 0 Å². The third-order valence-electron chi connectivity index (χ3n) is 4.82. The van der Waals surface area contributed by atoms with Crippen molar-refractivity contribution in [1.29, 1.82) is 0 Å². The van der Waals surface area contributed by atoms with E-state index in [4.69, 9.17) is 19.1 Å². The summed E-state index contributed by atoms with van der Waals surface area (Å²) in [5.74, 6) is 2.08. The van der Waals surface area contributed by atoms with Gasteiger partial charge in [0.05, 0.1) is 19.6 Å². The topological polar surface area (TPSA) is 69.7 Å². The Morgan fingerprint density at radius 3 is 2.27 bits per heavy atom. The molecular formula is C17H20O5. The van der Waals surface area contributed by atoms with Crippen LogP contribution >= 0.6 is 0 Å². The number of esters is 1. The van der Waals surface area contributed by atoms with Crippen LogP contribution in [0, 0.1) is 17.8 Å². The van der Waals surface area contributed by atoms with E-state index in [1.54, 1.807) is 7.11 Å². The molecule has 2 saturated carbocycles. The number of hydrogen-bond acceptors (Lipinski definition) is 5.